The van der Waals surface area contributed by atoms with Crippen molar-refractivity contribution in [2.45, 2.75) is 13.5 Å². The van der Waals surface area contributed by atoms with E-state index in [1.54, 1.807) is 13.0 Å². The summed E-state index contributed by atoms with van der Waals surface area (Å²) in [7, 11) is 0. The third-order valence-corrected chi connectivity index (χ3v) is 3.55. The van der Waals surface area contributed by atoms with Crippen LogP contribution in [0.5, 0.6) is 0 Å². The molecule has 0 bridgehead atoms. The Morgan fingerprint density at radius 2 is 2.00 bits per heavy atom. The van der Waals surface area contributed by atoms with Gasteiger partial charge in [0.05, 0.1) is 4.92 Å². The van der Waals surface area contributed by atoms with E-state index >= 15 is 0 Å². The zero-order chi connectivity index (χ0) is 18.7. The molecule has 1 heterocycles. The predicted octanol–water partition coefficient (Wildman–Crippen LogP) is 3.45. The van der Waals surface area contributed by atoms with Crippen molar-refractivity contribution in [2.75, 3.05) is 0 Å². The van der Waals surface area contributed by atoms with Crippen molar-refractivity contribution in [1.29, 1.82) is 0 Å². The van der Waals surface area contributed by atoms with Crippen LogP contribution in [-0.4, -0.2) is 21.0 Å². The number of ether oxygens (including phenoxy) is 1. The van der Waals surface area contributed by atoms with Gasteiger partial charge in [-0.05, 0) is 36.8 Å². The molecular weight excluding hydrogens is 345 g/mol. The van der Waals surface area contributed by atoms with E-state index in [1.165, 1.54) is 36.4 Å². The molecule has 3 aromatic rings. The van der Waals surface area contributed by atoms with E-state index in [0.29, 0.717) is 11.1 Å². The van der Waals surface area contributed by atoms with E-state index in [4.69, 9.17) is 9.26 Å². The number of aromatic nitrogens is 2. The molecule has 1 aromatic heterocycles. The molecule has 0 spiro atoms. The van der Waals surface area contributed by atoms with Crippen molar-refractivity contribution in [3.8, 4) is 11.4 Å². The van der Waals surface area contributed by atoms with Crippen LogP contribution in [0.2, 0.25) is 0 Å². The molecule has 0 aliphatic carbocycles. The summed E-state index contributed by atoms with van der Waals surface area (Å²) in [4.78, 5) is 26.7. The van der Waals surface area contributed by atoms with Crippen molar-refractivity contribution >= 4 is 11.7 Å². The SMILES string of the molecule is Cc1cccc([N+](=O)[O-])c1C(=O)OCc1nc(-c2ccc(F)cc2)no1. The van der Waals surface area contributed by atoms with Crippen molar-refractivity contribution in [3.05, 3.63) is 75.4 Å². The Kier molecular flexibility index (Phi) is 4.70. The average Bonchev–Trinajstić information content (AvgIpc) is 3.09. The Labute approximate surface area is 146 Å². The van der Waals surface area contributed by atoms with E-state index in [0.717, 1.165) is 0 Å². The number of carbonyl (C=O) groups is 1. The Balaban J connectivity index is 1.73. The van der Waals surface area contributed by atoms with Gasteiger partial charge in [-0.15, -0.1) is 0 Å². The number of hydrogen-bond donors (Lipinski definition) is 0. The number of esters is 1. The van der Waals surface area contributed by atoms with Gasteiger partial charge in [-0.1, -0.05) is 17.3 Å². The van der Waals surface area contributed by atoms with E-state index in [2.05, 4.69) is 10.1 Å². The van der Waals surface area contributed by atoms with Gasteiger partial charge in [-0.3, -0.25) is 10.1 Å². The molecule has 2 aromatic carbocycles. The average molecular weight is 357 g/mol. The molecule has 132 valence electrons. The number of nitro benzene ring substituents is 1. The molecule has 0 saturated carbocycles. The maximum Gasteiger partial charge on any atom is 0.345 e. The molecule has 0 atom stereocenters. The third-order valence-electron chi connectivity index (χ3n) is 3.55. The van der Waals surface area contributed by atoms with Crippen LogP contribution >= 0.6 is 0 Å². The second kappa shape index (κ2) is 7.09. The molecule has 0 aliphatic heterocycles. The Bertz CT molecular complexity index is 969. The van der Waals surface area contributed by atoms with Gasteiger partial charge in [0.25, 0.3) is 11.6 Å². The maximum atomic E-state index is 12.9. The van der Waals surface area contributed by atoms with E-state index in [9.17, 15) is 19.3 Å². The highest BCUT2D eigenvalue weighted by atomic mass is 19.1. The fourth-order valence-electron chi connectivity index (χ4n) is 2.30. The maximum absolute atomic E-state index is 12.9. The zero-order valence-electron chi connectivity index (χ0n) is 13.5. The van der Waals surface area contributed by atoms with Crippen LogP contribution in [0.3, 0.4) is 0 Å². The monoisotopic (exact) mass is 357 g/mol. The highest BCUT2D eigenvalue weighted by Crippen LogP contribution is 2.23. The molecule has 0 radical (unpaired) electrons. The van der Waals surface area contributed by atoms with Gasteiger partial charge in [0.1, 0.15) is 11.4 Å². The molecule has 0 aliphatic rings. The van der Waals surface area contributed by atoms with Gasteiger partial charge < -0.3 is 9.26 Å². The van der Waals surface area contributed by atoms with Crippen molar-refractivity contribution in [1.82, 2.24) is 10.1 Å². The van der Waals surface area contributed by atoms with E-state index < -0.39 is 16.7 Å². The smallest absolute Gasteiger partial charge is 0.345 e. The molecule has 8 nitrogen and oxygen atoms in total. The van der Waals surface area contributed by atoms with Gasteiger partial charge in [-0.25, -0.2) is 9.18 Å². The Hall–Kier alpha value is -3.62. The molecule has 0 fully saturated rings. The third kappa shape index (κ3) is 3.56. The second-order valence-corrected chi connectivity index (χ2v) is 5.32. The summed E-state index contributed by atoms with van der Waals surface area (Å²) in [5, 5.41) is 14.8. The Morgan fingerprint density at radius 3 is 2.69 bits per heavy atom. The second-order valence-electron chi connectivity index (χ2n) is 5.32. The highest BCUT2D eigenvalue weighted by molar-refractivity contribution is 5.95. The fourth-order valence-corrected chi connectivity index (χ4v) is 2.30. The molecule has 0 unspecified atom stereocenters. The van der Waals surface area contributed by atoms with Crippen LogP contribution in [0.1, 0.15) is 21.8 Å². The molecule has 0 saturated heterocycles. The van der Waals surface area contributed by atoms with Crippen LogP contribution in [0.15, 0.2) is 47.0 Å². The first kappa shape index (κ1) is 17.2. The summed E-state index contributed by atoms with van der Waals surface area (Å²) in [6.45, 7) is 1.22. The summed E-state index contributed by atoms with van der Waals surface area (Å²) in [5.74, 6) is -1.05. The fraction of sp³-hybridized carbons (Fsp3) is 0.118. The molecule has 0 N–H and O–H groups in total. The Morgan fingerprint density at radius 1 is 1.27 bits per heavy atom. The lowest BCUT2D eigenvalue weighted by molar-refractivity contribution is -0.385. The summed E-state index contributed by atoms with van der Waals surface area (Å²) in [5.41, 5.74) is 0.479. The van der Waals surface area contributed by atoms with Crippen molar-refractivity contribution in [2.24, 2.45) is 0 Å². The first-order valence-electron chi connectivity index (χ1n) is 7.45. The van der Waals surface area contributed by atoms with Crippen LogP contribution in [0.4, 0.5) is 10.1 Å². The molecular formula is C17H12FN3O5. The van der Waals surface area contributed by atoms with Gasteiger partial charge in [0.15, 0.2) is 6.61 Å². The van der Waals surface area contributed by atoms with Crippen molar-refractivity contribution < 1.29 is 23.4 Å². The predicted molar refractivity (Wildman–Crippen MR) is 86.6 cm³/mol. The number of aryl methyl sites for hydroxylation is 1. The molecule has 3 rings (SSSR count). The number of hydrogen-bond acceptors (Lipinski definition) is 7. The number of rotatable bonds is 5. The number of benzene rings is 2. The summed E-state index contributed by atoms with van der Waals surface area (Å²) in [6.07, 6.45) is 0. The van der Waals surface area contributed by atoms with Gasteiger partial charge in [-0.2, -0.15) is 4.98 Å². The number of carbonyl (C=O) groups excluding carboxylic acids is 1. The van der Waals surface area contributed by atoms with Gasteiger partial charge >= 0.3 is 5.97 Å². The van der Waals surface area contributed by atoms with Crippen LogP contribution in [0.25, 0.3) is 11.4 Å². The molecule has 26 heavy (non-hydrogen) atoms. The molecule has 0 amide bonds. The van der Waals surface area contributed by atoms with Crippen LogP contribution < -0.4 is 0 Å². The molecule has 9 heteroatoms. The van der Waals surface area contributed by atoms with E-state index in [-0.39, 0.29) is 29.6 Å². The quantitative estimate of drug-likeness (QED) is 0.391. The lowest BCUT2D eigenvalue weighted by Crippen LogP contribution is -2.10. The first-order valence-corrected chi connectivity index (χ1v) is 7.45. The van der Waals surface area contributed by atoms with Gasteiger partial charge in [0, 0.05) is 11.6 Å². The minimum absolute atomic E-state index is 0.00825. The normalized spacial score (nSPS) is 10.5. The van der Waals surface area contributed by atoms with Crippen LogP contribution in [-0.2, 0) is 11.3 Å². The van der Waals surface area contributed by atoms with E-state index in [1.807, 2.05) is 0 Å². The largest absolute Gasteiger partial charge is 0.452 e. The minimum atomic E-state index is -0.865. The van der Waals surface area contributed by atoms with Crippen molar-refractivity contribution in [3.63, 3.8) is 0 Å². The van der Waals surface area contributed by atoms with Gasteiger partial charge in [0.2, 0.25) is 5.82 Å². The standard InChI is InChI=1S/C17H12FN3O5/c1-10-3-2-4-13(21(23)24)15(10)17(22)25-9-14-19-16(20-26-14)11-5-7-12(18)8-6-11/h2-8H,9H2,1H3. The number of halogens is 1. The lowest BCUT2D eigenvalue weighted by atomic mass is 10.1. The first-order chi connectivity index (χ1) is 12.5. The highest BCUT2D eigenvalue weighted by Gasteiger charge is 2.24. The summed E-state index contributed by atoms with van der Waals surface area (Å²) in [6, 6.07) is 9.74. The lowest BCUT2D eigenvalue weighted by Gasteiger charge is -2.05. The topological polar surface area (TPSA) is 108 Å². The van der Waals surface area contributed by atoms with Crippen LogP contribution in [0, 0.1) is 22.9 Å². The summed E-state index contributed by atoms with van der Waals surface area (Å²) < 4.78 is 23.0. The summed E-state index contributed by atoms with van der Waals surface area (Å²) >= 11 is 0. The minimum Gasteiger partial charge on any atom is -0.452 e. The zero-order valence-corrected chi connectivity index (χ0v) is 13.5. The number of nitrogens with zero attached hydrogens (tertiary/aromatic N) is 3. The number of nitro groups is 1.